The largest absolute Gasteiger partial charge is 0.370 e. The maximum absolute atomic E-state index is 10.7. The fourth-order valence-corrected chi connectivity index (χ4v) is 2.88. The Morgan fingerprint density at radius 3 is 2.75 bits per heavy atom. The quantitative estimate of drug-likeness (QED) is 0.751. The molecule has 110 valence electrons. The first-order valence-corrected chi connectivity index (χ1v) is 7.80. The van der Waals surface area contributed by atoms with Gasteiger partial charge in [-0.25, -0.2) is 0 Å². The molecule has 1 aromatic rings. The van der Waals surface area contributed by atoms with Crippen molar-refractivity contribution >= 4 is 5.91 Å². The third kappa shape index (κ3) is 4.34. The molecule has 0 saturated carbocycles. The Bertz CT molecular complexity index is 456. The lowest BCUT2D eigenvalue weighted by molar-refractivity contribution is -0.118. The van der Waals surface area contributed by atoms with Crippen LogP contribution in [0.4, 0.5) is 0 Å². The minimum Gasteiger partial charge on any atom is -0.370 e. The van der Waals surface area contributed by atoms with Gasteiger partial charge in [0.15, 0.2) is 0 Å². The first kappa shape index (κ1) is 15.0. The van der Waals surface area contributed by atoms with Crippen molar-refractivity contribution in [2.75, 3.05) is 6.54 Å². The van der Waals surface area contributed by atoms with Crippen molar-refractivity contribution < 1.29 is 4.79 Å². The van der Waals surface area contributed by atoms with Crippen molar-refractivity contribution in [3.8, 4) is 0 Å². The van der Waals surface area contributed by atoms with Gasteiger partial charge in [-0.1, -0.05) is 18.2 Å². The summed E-state index contributed by atoms with van der Waals surface area (Å²) in [5.41, 5.74) is 9.58. The van der Waals surface area contributed by atoms with Crippen LogP contribution in [0.25, 0.3) is 0 Å². The third-order valence-corrected chi connectivity index (χ3v) is 4.17. The zero-order valence-electron chi connectivity index (χ0n) is 12.5. The zero-order valence-corrected chi connectivity index (χ0v) is 12.5. The van der Waals surface area contributed by atoms with E-state index in [4.69, 9.17) is 5.73 Å². The summed E-state index contributed by atoms with van der Waals surface area (Å²) in [5.74, 6) is -0.201. The summed E-state index contributed by atoms with van der Waals surface area (Å²) in [6.45, 7) is 3.14. The highest BCUT2D eigenvalue weighted by molar-refractivity contribution is 5.73. The van der Waals surface area contributed by atoms with Crippen molar-refractivity contribution in [1.82, 2.24) is 5.32 Å². The Labute approximate surface area is 121 Å². The number of benzene rings is 1. The van der Waals surface area contributed by atoms with Crippen LogP contribution in [-0.4, -0.2) is 12.5 Å². The minimum absolute atomic E-state index is 0.201. The number of fused-ring (bicyclic) bond motifs is 1. The van der Waals surface area contributed by atoms with Crippen molar-refractivity contribution in [1.29, 1.82) is 0 Å². The van der Waals surface area contributed by atoms with Gasteiger partial charge in [-0.15, -0.1) is 0 Å². The lowest BCUT2D eigenvalue weighted by Crippen LogP contribution is -2.21. The Balaban J connectivity index is 1.80. The summed E-state index contributed by atoms with van der Waals surface area (Å²) in [6.07, 6.45) is 7.50. The summed E-state index contributed by atoms with van der Waals surface area (Å²) in [6, 6.07) is 7.30. The van der Waals surface area contributed by atoms with Crippen LogP contribution in [0.5, 0.6) is 0 Å². The second-order valence-electron chi connectivity index (χ2n) is 5.83. The Morgan fingerprint density at radius 1 is 1.25 bits per heavy atom. The number of nitrogens with one attached hydrogen (secondary N) is 1. The van der Waals surface area contributed by atoms with E-state index in [0.29, 0.717) is 12.5 Å². The second kappa shape index (κ2) is 7.44. The van der Waals surface area contributed by atoms with E-state index in [0.717, 1.165) is 19.4 Å². The number of primary amides is 1. The number of rotatable bonds is 7. The molecular formula is C17H26N2O. The van der Waals surface area contributed by atoms with Crippen molar-refractivity contribution in [2.45, 2.75) is 57.9 Å². The molecule has 1 aromatic carbocycles. The van der Waals surface area contributed by atoms with Gasteiger partial charge in [0, 0.05) is 12.5 Å². The van der Waals surface area contributed by atoms with Gasteiger partial charge in [0.1, 0.15) is 0 Å². The molecule has 3 N–H and O–H groups in total. The van der Waals surface area contributed by atoms with E-state index in [1.165, 1.54) is 42.4 Å². The molecule has 0 heterocycles. The molecule has 0 spiro atoms. The first-order chi connectivity index (χ1) is 9.66. The average molecular weight is 274 g/mol. The Hall–Kier alpha value is -1.35. The fourth-order valence-electron chi connectivity index (χ4n) is 2.88. The molecule has 1 aliphatic carbocycles. The van der Waals surface area contributed by atoms with E-state index in [-0.39, 0.29) is 5.91 Å². The third-order valence-electron chi connectivity index (χ3n) is 4.17. The van der Waals surface area contributed by atoms with Gasteiger partial charge in [0.2, 0.25) is 5.91 Å². The highest BCUT2D eigenvalue weighted by Gasteiger charge is 2.12. The predicted molar refractivity (Wildman–Crippen MR) is 82.5 cm³/mol. The van der Waals surface area contributed by atoms with Crippen molar-refractivity contribution in [2.24, 2.45) is 5.73 Å². The number of carbonyl (C=O) groups is 1. The van der Waals surface area contributed by atoms with Gasteiger partial charge in [0.25, 0.3) is 0 Å². The maximum Gasteiger partial charge on any atom is 0.217 e. The lowest BCUT2D eigenvalue weighted by Gasteiger charge is -2.20. The topological polar surface area (TPSA) is 55.1 Å². The molecule has 1 aliphatic rings. The average Bonchev–Trinajstić information content (AvgIpc) is 2.46. The molecule has 3 heteroatoms. The molecular weight excluding hydrogens is 248 g/mol. The molecule has 0 bridgehead atoms. The van der Waals surface area contributed by atoms with E-state index in [2.05, 4.69) is 30.4 Å². The normalized spacial score (nSPS) is 15.7. The van der Waals surface area contributed by atoms with Gasteiger partial charge in [0.05, 0.1) is 0 Å². The molecule has 0 aromatic heterocycles. The van der Waals surface area contributed by atoms with Crippen LogP contribution in [0.1, 0.15) is 61.8 Å². The summed E-state index contributed by atoms with van der Waals surface area (Å²) >= 11 is 0. The van der Waals surface area contributed by atoms with E-state index >= 15 is 0 Å². The van der Waals surface area contributed by atoms with Crippen LogP contribution in [0.15, 0.2) is 18.2 Å². The van der Waals surface area contributed by atoms with Crippen LogP contribution in [0.3, 0.4) is 0 Å². The standard InChI is InChI=1S/C17H26N2O/c1-13(19-11-5-4-8-17(18)20)15-10-9-14-6-2-3-7-16(14)12-15/h9-10,12-13,19H,2-8,11H2,1H3,(H2,18,20). The predicted octanol–water partition coefficient (Wildman–Crippen LogP) is 2.87. The molecule has 2 rings (SSSR count). The smallest absolute Gasteiger partial charge is 0.217 e. The summed E-state index contributed by atoms with van der Waals surface area (Å²) < 4.78 is 0. The number of unbranched alkanes of at least 4 members (excludes halogenated alkanes) is 1. The molecule has 1 amide bonds. The summed E-state index contributed by atoms with van der Waals surface area (Å²) in [7, 11) is 0. The van der Waals surface area contributed by atoms with Gasteiger partial charge >= 0.3 is 0 Å². The van der Waals surface area contributed by atoms with Crippen LogP contribution < -0.4 is 11.1 Å². The first-order valence-electron chi connectivity index (χ1n) is 7.80. The minimum atomic E-state index is -0.201. The number of aryl methyl sites for hydroxylation is 2. The molecule has 3 nitrogen and oxygen atoms in total. The summed E-state index contributed by atoms with van der Waals surface area (Å²) in [5, 5.41) is 3.53. The van der Waals surface area contributed by atoms with Crippen LogP contribution in [0.2, 0.25) is 0 Å². The van der Waals surface area contributed by atoms with Crippen LogP contribution >= 0.6 is 0 Å². The highest BCUT2D eigenvalue weighted by Crippen LogP contribution is 2.24. The number of carbonyl (C=O) groups excluding carboxylic acids is 1. The number of hydrogen-bond donors (Lipinski definition) is 2. The van der Waals surface area contributed by atoms with Gasteiger partial charge in [-0.05, 0) is 68.7 Å². The number of nitrogens with two attached hydrogens (primary N) is 1. The molecule has 0 fully saturated rings. The molecule has 20 heavy (non-hydrogen) atoms. The Morgan fingerprint density at radius 2 is 2.00 bits per heavy atom. The molecule has 1 atom stereocenters. The van der Waals surface area contributed by atoms with E-state index in [1.54, 1.807) is 0 Å². The number of amides is 1. The molecule has 0 saturated heterocycles. The van der Waals surface area contributed by atoms with E-state index in [1.807, 2.05) is 0 Å². The fraction of sp³-hybridized carbons (Fsp3) is 0.588. The molecule has 0 radical (unpaired) electrons. The van der Waals surface area contributed by atoms with Gasteiger partial charge in [-0.3, -0.25) is 4.79 Å². The van der Waals surface area contributed by atoms with Gasteiger partial charge < -0.3 is 11.1 Å². The monoisotopic (exact) mass is 274 g/mol. The second-order valence-corrected chi connectivity index (χ2v) is 5.83. The van der Waals surface area contributed by atoms with Gasteiger partial charge in [-0.2, -0.15) is 0 Å². The molecule has 0 aliphatic heterocycles. The SMILES string of the molecule is CC(NCCCCC(N)=O)c1ccc2c(c1)CCCC2. The van der Waals surface area contributed by atoms with Crippen LogP contribution in [-0.2, 0) is 17.6 Å². The van der Waals surface area contributed by atoms with Crippen molar-refractivity contribution in [3.05, 3.63) is 34.9 Å². The highest BCUT2D eigenvalue weighted by atomic mass is 16.1. The van der Waals surface area contributed by atoms with Crippen LogP contribution in [0, 0.1) is 0 Å². The number of hydrogen-bond acceptors (Lipinski definition) is 2. The summed E-state index contributed by atoms with van der Waals surface area (Å²) in [4.78, 5) is 10.7. The van der Waals surface area contributed by atoms with Crippen molar-refractivity contribution in [3.63, 3.8) is 0 Å². The van der Waals surface area contributed by atoms with E-state index < -0.39 is 0 Å². The van der Waals surface area contributed by atoms with E-state index in [9.17, 15) is 4.79 Å². The Kier molecular flexibility index (Phi) is 5.60. The molecule has 1 unspecified atom stereocenters. The lowest BCUT2D eigenvalue weighted by atomic mass is 9.89. The maximum atomic E-state index is 10.7. The zero-order chi connectivity index (χ0) is 14.4.